The summed E-state index contributed by atoms with van der Waals surface area (Å²) in [6.45, 7) is 6.32. The minimum Gasteiger partial charge on any atom is -0.381 e. The smallest absolute Gasteiger partial charge is 0.263 e. The first-order valence-electron chi connectivity index (χ1n) is 10.1. The number of halogens is 1. The fourth-order valence-electron chi connectivity index (χ4n) is 3.61. The third-order valence-corrected chi connectivity index (χ3v) is 5.67. The third kappa shape index (κ3) is 3.80. The standard InChI is InChI=1S/C21H24FN9O/c1-21(2,12-23)13-8-26-19-16(18(24)28-31(19)11-13)20(32)27-15-10-25-9-14(22)17(15)30-6-4-29(3)5-7-30/h8-11H,4-7H2,1-3H3,(H2,24,28)(H,27,32). The number of hydrogen-bond donors (Lipinski definition) is 2. The van der Waals surface area contributed by atoms with Crippen LogP contribution in [0.5, 0.6) is 0 Å². The van der Waals surface area contributed by atoms with Crippen LogP contribution in [-0.2, 0) is 5.41 Å². The summed E-state index contributed by atoms with van der Waals surface area (Å²) >= 11 is 0. The van der Waals surface area contributed by atoms with Gasteiger partial charge in [0.1, 0.15) is 11.3 Å². The molecule has 0 unspecified atom stereocenters. The van der Waals surface area contributed by atoms with Gasteiger partial charge in [-0.3, -0.25) is 9.78 Å². The number of rotatable bonds is 4. The predicted molar refractivity (Wildman–Crippen MR) is 118 cm³/mol. The summed E-state index contributed by atoms with van der Waals surface area (Å²) in [5.74, 6) is -1.10. The van der Waals surface area contributed by atoms with E-state index in [1.165, 1.54) is 16.9 Å². The molecular weight excluding hydrogens is 413 g/mol. The lowest BCUT2D eigenvalue weighted by atomic mass is 9.89. The van der Waals surface area contributed by atoms with Gasteiger partial charge in [-0.15, -0.1) is 5.10 Å². The van der Waals surface area contributed by atoms with E-state index in [0.29, 0.717) is 24.3 Å². The minimum atomic E-state index is -0.783. The number of piperazine rings is 1. The molecule has 3 aromatic rings. The summed E-state index contributed by atoms with van der Waals surface area (Å²) in [6.07, 6.45) is 5.69. The van der Waals surface area contributed by atoms with Gasteiger partial charge >= 0.3 is 0 Å². The zero-order valence-corrected chi connectivity index (χ0v) is 18.1. The fourth-order valence-corrected chi connectivity index (χ4v) is 3.61. The molecule has 1 saturated heterocycles. The van der Waals surface area contributed by atoms with Gasteiger partial charge in [-0.2, -0.15) is 5.26 Å². The lowest BCUT2D eigenvalue weighted by molar-refractivity contribution is 0.102. The van der Waals surface area contributed by atoms with E-state index in [2.05, 4.69) is 31.4 Å². The molecule has 3 N–H and O–H groups in total. The van der Waals surface area contributed by atoms with Gasteiger partial charge in [0.2, 0.25) is 0 Å². The molecule has 0 aromatic carbocycles. The second kappa shape index (κ2) is 8.05. The van der Waals surface area contributed by atoms with Crippen molar-refractivity contribution >= 4 is 28.7 Å². The molecule has 0 saturated carbocycles. The van der Waals surface area contributed by atoms with Crippen molar-refractivity contribution in [2.45, 2.75) is 19.3 Å². The highest BCUT2D eigenvalue weighted by atomic mass is 19.1. The molecule has 3 aromatic heterocycles. The van der Waals surface area contributed by atoms with Crippen LogP contribution in [0.15, 0.2) is 24.8 Å². The first-order valence-corrected chi connectivity index (χ1v) is 10.1. The Morgan fingerprint density at radius 2 is 1.97 bits per heavy atom. The first kappa shape index (κ1) is 21.5. The molecule has 4 rings (SSSR count). The van der Waals surface area contributed by atoms with E-state index in [-0.39, 0.29) is 22.7 Å². The van der Waals surface area contributed by atoms with Gasteiger partial charge in [0.15, 0.2) is 17.3 Å². The van der Waals surface area contributed by atoms with Crippen LogP contribution in [0.25, 0.3) is 5.65 Å². The van der Waals surface area contributed by atoms with Gasteiger partial charge in [0.25, 0.3) is 5.91 Å². The molecule has 1 amide bonds. The molecule has 0 atom stereocenters. The van der Waals surface area contributed by atoms with Crippen LogP contribution in [0.3, 0.4) is 0 Å². The average Bonchev–Trinajstić information content (AvgIpc) is 3.09. The second-order valence-electron chi connectivity index (χ2n) is 8.37. The van der Waals surface area contributed by atoms with Crippen molar-refractivity contribution in [1.82, 2.24) is 24.5 Å². The van der Waals surface area contributed by atoms with Crippen molar-refractivity contribution in [1.29, 1.82) is 5.26 Å². The topological polar surface area (TPSA) is 128 Å². The molecule has 166 valence electrons. The highest BCUT2D eigenvalue weighted by molar-refractivity contribution is 6.12. The Kier molecular flexibility index (Phi) is 5.40. The maximum atomic E-state index is 14.7. The van der Waals surface area contributed by atoms with Crippen molar-refractivity contribution in [3.8, 4) is 6.07 Å². The number of carbonyl (C=O) groups is 1. The van der Waals surface area contributed by atoms with Crippen LogP contribution in [0.1, 0.15) is 29.8 Å². The molecule has 32 heavy (non-hydrogen) atoms. The first-order chi connectivity index (χ1) is 15.2. The van der Waals surface area contributed by atoms with E-state index in [9.17, 15) is 14.4 Å². The van der Waals surface area contributed by atoms with E-state index >= 15 is 0 Å². The lowest BCUT2D eigenvalue weighted by Crippen LogP contribution is -2.45. The minimum absolute atomic E-state index is 0.0209. The molecule has 1 aliphatic heterocycles. The number of likely N-dealkylation sites (N-methyl/N-ethyl adjacent to an activating group) is 1. The van der Waals surface area contributed by atoms with E-state index < -0.39 is 17.1 Å². The predicted octanol–water partition coefficient (Wildman–Crippen LogP) is 1.65. The fraction of sp³-hybridized carbons (Fsp3) is 0.381. The number of amides is 1. The SMILES string of the molecule is CN1CCN(c2c(F)cncc2NC(=O)c2c(N)nn3cc(C(C)(C)C#N)cnc23)CC1. The Morgan fingerprint density at radius 1 is 1.25 bits per heavy atom. The highest BCUT2D eigenvalue weighted by Gasteiger charge is 2.26. The van der Waals surface area contributed by atoms with Crippen LogP contribution < -0.4 is 16.0 Å². The van der Waals surface area contributed by atoms with Gasteiger partial charge in [-0.1, -0.05) is 0 Å². The van der Waals surface area contributed by atoms with Crippen molar-refractivity contribution in [3.63, 3.8) is 0 Å². The number of carbonyl (C=O) groups excluding carboxylic acids is 1. The van der Waals surface area contributed by atoms with Crippen LogP contribution in [0, 0.1) is 17.1 Å². The number of anilines is 3. The normalized spacial score (nSPS) is 15.0. The van der Waals surface area contributed by atoms with Gasteiger partial charge in [0.05, 0.1) is 29.6 Å². The summed E-state index contributed by atoms with van der Waals surface area (Å²) in [4.78, 5) is 25.4. The zero-order valence-electron chi connectivity index (χ0n) is 18.1. The van der Waals surface area contributed by atoms with E-state index in [1.54, 1.807) is 20.0 Å². The third-order valence-electron chi connectivity index (χ3n) is 5.67. The van der Waals surface area contributed by atoms with Crippen molar-refractivity contribution in [2.75, 3.05) is 49.2 Å². The number of hydrogen-bond acceptors (Lipinski definition) is 8. The summed E-state index contributed by atoms with van der Waals surface area (Å²) in [5.41, 5.74) is 6.73. The lowest BCUT2D eigenvalue weighted by Gasteiger charge is -2.35. The summed E-state index contributed by atoms with van der Waals surface area (Å²) in [6, 6.07) is 2.20. The molecule has 0 bridgehead atoms. The van der Waals surface area contributed by atoms with Gasteiger partial charge < -0.3 is 20.9 Å². The molecule has 0 radical (unpaired) electrons. The quantitative estimate of drug-likeness (QED) is 0.630. The molecule has 11 heteroatoms. The number of nitriles is 1. The number of pyridine rings is 1. The molecule has 10 nitrogen and oxygen atoms in total. The van der Waals surface area contributed by atoms with Gasteiger partial charge in [0, 0.05) is 44.1 Å². The number of fused-ring (bicyclic) bond motifs is 1. The van der Waals surface area contributed by atoms with Crippen LogP contribution in [0.2, 0.25) is 0 Å². The van der Waals surface area contributed by atoms with Crippen LogP contribution in [0.4, 0.5) is 21.6 Å². The summed E-state index contributed by atoms with van der Waals surface area (Å²) in [7, 11) is 2.01. The molecule has 1 aliphatic rings. The maximum Gasteiger partial charge on any atom is 0.263 e. The second-order valence-corrected chi connectivity index (χ2v) is 8.37. The Morgan fingerprint density at radius 3 is 2.66 bits per heavy atom. The molecule has 0 aliphatic carbocycles. The van der Waals surface area contributed by atoms with Gasteiger partial charge in [-0.25, -0.2) is 13.9 Å². The number of nitrogens with zero attached hydrogens (tertiary/aromatic N) is 7. The monoisotopic (exact) mass is 437 g/mol. The summed E-state index contributed by atoms with van der Waals surface area (Å²) < 4.78 is 16.1. The number of aromatic nitrogens is 4. The van der Waals surface area contributed by atoms with Crippen molar-refractivity contribution < 1.29 is 9.18 Å². The van der Waals surface area contributed by atoms with Crippen molar-refractivity contribution in [2.24, 2.45) is 0 Å². The van der Waals surface area contributed by atoms with E-state index in [1.807, 2.05) is 11.9 Å². The van der Waals surface area contributed by atoms with Crippen LogP contribution in [-0.4, -0.2) is 63.6 Å². The maximum absolute atomic E-state index is 14.7. The van der Waals surface area contributed by atoms with Crippen molar-refractivity contribution in [3.05, 3.63) is 41.7 Å². The molecule has 4 heterocycles. The van der Waals surface area contributed by atoms with Crippen LogP contribution >= 0.6 is 0 Å². The Hall–Kier alpha value is -3.78. The Bertz CT molecular complexity index is 1220. The largest absolute Gasteiger partial charge is 0.381 e. The molecule has 0 spiro atoms. The Balaban J connectivity index is 1.68. The Labute approximate surface area is 184 Å². The highest BCUT2D eigenvalue weighted by Crippen LogP contribution is 2.30. The van der Waals surface area contributed by atoms with Gasteiger partial charge in [-0.05, 0) is 20.9 Å². The number of nitrogens with two attached hydrogens (primary N) is 1. The zero-order chi connectivity index (χ0) is 23.0. The molecular formula is C21H24FN9O. The number of nitrogens with one attached hydrogen (secondary N) is 1. The number of nitrogen functional groups attached to an aromatic ring is 1. The van der Waals surface area contributed by atoms with E-state index in [0.717, 1.165) is 19.3 Å². The molecule has 1 fully saturated rings. The average molecular weight is 437 g/mol. The summed E-state index contributed by atoms with van der Waals surface area (Å²) in [5, 5.41) is 16.3. The van der Waals surface area contributed by atoms with E-state index in [4.69, 9.17) is 5.73 Å².